The first-order valence-electron chi connectivity index (χ1n) is 12.7. The minimum atomic E-state index is -0.593. The minimum Gasteiger partial charge on any atom is -0.482 e. The van der Waals surface area contributed by atoms with E-state index in [0.717, 1.165) is 63.6 Å². The molecule has 0 unspecified atom stereocenters. The molecule has 7 heteroatoms. The molecule has 0 bridgehead atoms. The van der Waals surface area contributed by atoms with Gasteiger partial charge in [-0.05, 0) is 56.2 Å². The van der Waals surface area contributed by atoms with Crippen molar-refractivity contribution in [3.63, 3.8) is 0 Å². The average molecular weight is 492 g/mol. The number of halogens is 1. The highest BCUT2D eigenvalue weighted by Gasteiger charge is 2.38. The summed E-state index contributed by atoms with van der Waals surface area (Å²) in [6.45, 7) is 13.8. The monoisotopic (exact) mass is 491 g/mol. The van der Waals surface area contributed by atoms with Gasteiger partial charge in [-0.1, -0.05) is 24.3 Å². The minimum absolute atomic E-state index is 0.271. The number of anilines is 1. The van der Waals surface area contributed by atoms with Gasteiger partial charge in [0.2, 0.25) is 0 Å². The van der Waals surface area contributed by atoms with Crippen molar-refractivity contribution >= 4 is 22.7 Å². The zero-order chi connectivity index (χ0) is 25.3. The molecule has 3 aliphatic heterocycles. The van der Waals surface area contributed by atoms with Gasteiger partial charge in [0.25, 0.3) is 5.91 Å². The van der Waals surface area contributed by atoms with E-state index in [1.165, 1.54) is 17.7 Å². The number of benzene rings is 2. The van der Waals surface area contributed by atoms with Gasteiger partial charge >= 0.3 is 0 Å². The topological polar surface area (TPSA) is 54.0 Å². The van der Waals surface area contributed by atoms with Crippen molar-refractivity contribution in [1.82, 2.24) is 9.80 Å². The molecule has 0 saturated carbocycles. The van der Waals surface area contributed by atoms with E-state index in [1.54, 1.807) is 6.07 Å². The summed E-state index contributed by atoms with van der Waals surface area (Å²) in [5.74, 6) is -0.135. The number of rotatable bonds is 7. The molecule has 36 heavy (non-hydrogen) atoms. The van der Waals surface area contributed by atoms with Crippen LogP contribution in [0.2, 0.25) is 0 Å². The Morgan fingerprint density at radius 2 is 1.78 bits per heavy atom. The van der Waals surface area contributed by atoms with Crippen molar-refractivity contribution in [2.75, 3.05) is 51.3 Å². The van der Waals surface area contributed by atoms with Gasteiger partial charge in [0.1, 0.15) is 17.2 Å². The standard InChI is InChI=1S/C29H34FN3O3/c1-4-35-16-15-32-11-13-33(14-12-32)19-20-5-7-21(8-6-20)24-18-26(36-29(24,2)3)27-23-10-9-22(30)17-25(23)31-28(27)34/h5-10,17-18H,4,11-16,19H2,1-3H3,(H,31,34)/b27-26+. The molecule has 0 radical (unpaired) electrons. The molecule has 3 heterocycles. The first kappa shape index (κ1) is 24.7. The van der Waals surface area contributed by atoms with E-state index in [9.17, 15) is 9.18 Å². The summed E-state index contributed by atoms with van der Waals surface area (Å²) in [6.07, 6.45) is 1.95. The number of piperazine rings is 1. The van der Waals surface area contributed by atoms with Crippen molar-refractivity contribution in [3.8, 4) is 0 Å². The lowest BCUT2D eigenvalue weighted by atomic mass is 9.91. The molecular weight excluding hydrogens is 457 g/mol. The lowest BCUT2D eigenvalue weighted by Crippen LogP contribution is -2.46. The highest BCUT2D eigenvalue weighted by molar-refractivity contribution is 6.32. The average Bonchev–Trinajstić information content (AvgIpc) is 3.34. The molecule has 1 fully saturated rings. The Labute approximate surface area is 212 Å². The summed E-state index contributed by atoms with van der Waals surface area (Å²) >= 11 is 0. The van der Waals surface area contributed by atoms with Gasteiger partial charge in [0.15, 0.2) is 0 Å². The third-order valence-corrected chi connectivity index (χ3v) is 7.15. The van der Waals surface area contributed by atoms with Gasteiger partial charge in [-0.2, -0.15) is 0 Å². The van der Waals surface area contributed by atoms with Gasteiger partial charge in [0.05, 0.1) is 17.9 Å². The van der Waals surface area contributed by atoms with Gasteiger partial charge < -0.3 is 14.8 Å². The molecular formula is C29H34FN3O3. The lowest BCUT2D eigenvalue weighted by molar-refractivity contribution is -0.111. The zero-order valence-electron chi connectivity index (χ0n) is 21.3. The fourth-order valence-corrected chi connectivity index (χ4v) is 5.16. The number of fused-ring (bicyclic) bond motifs is 1. The Kier molecular flexibility index (Phi) is 6.97. The maximum absolute atomic E-state index is 13.6. The second-order valence-electron chi connectivity index (χ2n) is 10.1. The first-order chi connectivity index (χ1) is 17.3. The van der Waals surface area contributed by atoms with Crippen LogP contribution in [0.1, 0.15) is 37.5 Å². The lowest BCUT2D eigenvalue weighted by Gasteiger charge is -2.34. The second kappa shape index (κ2) is 10.2. The van der Waals surface area contributed by atoms with E-state index in [0.29, 0.717) is 22.6 Å². The summed E-state index contributed by atoms with van der Waals surface area (Å²) in [7, 11) is 0. The summed E-state index contributed by atoms with van der Waals surface area (Å²) in [4.78, 5) is 17.7. The van der Waals surface area contributed by atoms with Crippen LogP contribution in [0.3, 0.4) is 0 Å². The normalized spacial score (nSPS) is 21.8. The van der Waals surface area contributed by atoms with E-state index in [4.69, 9.17) is 9.47 Å². The predicted molar refractivity (Wildman–Crippen MR) is 140 cm³/mol. The summed E-state index contributed by atoms with van der Waals surface area (Å²) in [6, 6.07) is 13.0. The van der Waals surface area contributed by atoms with Gasteiger partial charge in [-0.15, -0.1) is 0 Å². The fraction of sp³-hybridized carbons (Fsp3) is 0.414. The van der Waals surface area contributed by atoms with Crippen LogP contribution in [0.25, 0.3) is 11.1 Å². The Bertz CT molecular complexity index is 1190. The van der Waals surface area contributed by atoms with Crippen LogP contribution in [-0.4, -0.2) is 67.2 Å². The molecule has 6 nitrogen and oxygen atoms in total. The van der Waals surface area contributed by atoms with E-state index >= 15 is 0 Å². The Balaban J connectivity index is 1.28. The number of nitrogens with zero attached hydrogens (tertiary/aromatic N) is 2. The molecule has 1 saturated heterocycles. The number of hydrogen-bond acceptors (Lipinski definition) is 5. The second-order valence-corrected chi connectivity index (χ2v) is 10.1. The van der Waals surface area contributed by atoms with E-state index in [2.05, 4.69) is 39.4 Å². The van der Waals surface area contributed by atoms with Gasteiger partial charge in [-0.3, -0.25) is 14.6 Å². The van der Waals surface area contributed by atoms with Crippen LogP contribution in [0.4, 0.5) is 10.1 Å². The van der Waals surface area contributed by atoms with Crippen LogP contribution in [-0.2, 0) is 20.8 Å². The Hall–Kier alpha value is -3.00. The maximum atomic E-state index is 13.6. The number of ether oxygens (including phenoxy) is 2. The Morgan fingerprint density at radius 3 is 2.50 bits per heavy atom. The third kappa shape index (κ3) is 5.09. The van der Waals surface area contributed by atoms with E-state index in [-0.39, 0.29) is 11.7 Å². The van der Waals surface area contributed by atoms with Crippen molar-refractivity contribution in [1.29, 1.82) is 0 Å². The number of allylic oxidation sites excluding steroid dienone is 1. The molecule has 0 atom stereocenters. The molecule has 1 N–H and O–H groups in total. The molecule has 5 rings (SSSR count). The number of nitrogens with one attached hydrogen (secondary N) is 1. The molecule has 0 aromatic heterocycles. The Morgan fingerprint density at radius 1 is 1.06 bits per heavy atom. The smallest absolute Gasteiger partial charge is 0.260 e. The SMILES string of the molecule is CCOCCN1CCN(Cc2ccc(C3=C/C(=C4\C(=O)Nc5cc(F)ccc54)OC3(C)C)cc2)CC1. The highest BCUT2D eigenvalue weighted by Crippen LogP contribution is 2.44. The largest absolute Gasteiger partial charge is 0.482 e. The van der Waals surface area contributed by atoms with Crippen LogP contribution < -0.4 is 5.32 Å². The summed E-state index contributed by atoms with van der Waals surface area (Å²) in [5.41, 5.74) is 4.36. The number of amides is 1. The molecule has 3 aliphatic rings. The van der Waals surface area contributed by atoms with E-state index < -0.39 is 5.60 Å². The molecule has 190 valence electrons. The fourth-order valence-electron chi connectivity index (χ4n) is 5.16. The maximum Gasteiger partial charge on any atom is 0.260 e. The molecule has 2 aromatic rings. The molecule has 0 aliphatic carbocycles. The van der Waals surface area contributed by atoms with Crippen molar-refractivity contribution in [2.45, 2.75) is 32.9 Å². The van der Waals surface area contributed by atoms with Crippen LogP contribution in [0, 0.1) is 5.82 Å². The van der Waals surface area contributed by atoms with Crippen LogP contribution in [0.5, 0.6) is 0 Å². The molecule has 2 aromatic carbocycles. The van der Waals surface area contributed by atoms with Crippen molar-refractivity contribution < 1.29 is 18.7 Å². The van der Waals surface area contributed by atoms with Gasteiger partial charge in [0, 0.05) is 57.0 Å². The van der Waals surface area contributed by atoms with Crippen LogP contribution >= 0.6 is 0 Å². The van der Waals surface area contributed by atoms with Crippen molar-refractivity contribution in [2.24, 2.45) is 0 Å². The van der Waals surface area contributed by atoms with Crippen LogP contribution in [0.15, 0.2) is 54.3 Å². The molecule has 0 spiro atoms. The number of carbonyl (C=O) groups is 1. The first-order valence-corrected chi connectivity index (χ1v) is 12.7. The zero-order valence-corrected chi connectivity index (χ0v) is 21.3. The number of hydrogen-bond donors (Lipinski definition) is 1. The van der Waals surface area contributed by atoms with E-state index in [1.807, 2.05) is 26.8 Å². The number of carbonyl (C=O) groups excluding carboxylic acids is 1. The predicted octanol–water partition coefficient (Wildman–Crippen LogP) is 4.54. The summed E-state index contributed by atoms with van der Waals surface area (Å²) in [5, 5.41) is 2.75. The molecule has 1 amide bonds. The van der Waals surface area contributed by atoms with Crippen molar-refractivity contribution in [3.05, 3.63) is 76.8 Å². The summed E-state index contributed by atoms with van der Waals surface area (Å²) < 4.78 is 25.4. The quantitative estimate of drug-likeness (QED) is 0.456. The van der Waals surface area contributed by atoms with Gasteiger partial charge in [-0.25, -0.2) is 4.39 Å². The highest BCUT2D eigenvalue weighted by atomic mass is 19.1. The third-order valence-electron chi connectivity index (χ3n) is 7.15.